The fraction of sp³-hybridized carbons (Fsp3) is 0.647. The molecule has 112 valence electrons. The van der Waals surface area contributed by atoms with Crippen molar-refractivity contribution in [3.8, 4) is 5.75 Å². The molecule has 0 spiro atoms. The largest absolute Gasteiger partial charge is 0.491 e. The topological polar surface area (TPSA) is 30.5 Å². The van der Waals surface area contributed by atoms with Crippen molar-refractivity contribution in [1.82, 2.24) is 5.32 Å². The zero-order valence-electron chi connectivity index (χ0n) is 12.9. The Morgan fingerprint density at radius 3 is 2.65 bits per heavy atom. The lowest BCUT2D eigenvalue weighted by molar-refractivity contribution is 0.143. The summed E-state index contributed by atoms with van der Waals surface area (Å²) in [5.74, 6) is 2.41. The van der Waals surface area contributed by atoms with Gasteiger partial charge in [-0.25, -0.2) is 0 Å². The first-order valence-corrected chi connectivity index (χ1v) is 7.66. The highest BCUT2D eigenvalue weighted by atomic mass is 16.5. The zero-order valence-corrected chi connectivity index (χ0v) is 12.9. The van der Waals surface area contributed by atoms with E-state index in [0.717, 1.165) is 18.2 Å². The van der Waals surface area contributed by atoms with Crippen LogP contribution in [0.5, 0.6) is 5.75 Å². The number of nitrogens with one attached hydrogen (secondary N) is 1. The van der Waals surface area contributed by atoms with E-state index < -0.39 is 0 Å². The van der Waals surface area contributed by atoms with Crippen LogP contribution in [-0.2, 0) is 4.74 Å². The number of hydrogen-bond donors (Lipinski definition) is 1. The van der Waals surface area contributed by atoms with Crippen LogP contribution in [0.1, 0.15) is 38.2 Å². The van der Waals surface area contributed by atoms with Crippen LogP contribution in [0.3, 0.4) is 0 Å². The second-order valence-electron chi connectivity index (χ2n) is 5.89. The van der Waals surface area contributed by atoms with Crippen LogP contribution in [0.25, 0.3) is 0 Å². The van der Waals surface area contributed by atoms with Crippen LogP contribution in [0.15, 0.2) is 24.3 Å². The number of methoxy groups -OCH3 is 1. The van der Waals surface area contributed by atoms with Crippen molar-refractivity contribution in [2.45, 2.75) is 38.6 Å². The van der Waals surface area contributed by atoms with E-state index in [1.807, 2.05) is 6.07 Å². The van der Waals surface area contributed by atoms with Crippen LogP contribution in [0.2, 0.25) is 0 Å². The Morgan fingerprint density at radius 2 is 2.00 bits per heavy atom. The number of hydrogen-bond acceptors (Lipinski definition) is 3. The van der Waals surface area contributed by atoms with Crippen molar-refractivity contribution < 1.29 is 9.47 Å². The minimum Gasteiger partial charge on any atom is -0.491 e. The Balaban J connectivity index is 1.97. The minimum atomic E-state index is 0.560. The number of rotatable bonds is 8. The molecule has 0 aromatic heterocycles. The molecular weight excluding hydrogens is 250 g/mol. The van der Waals surface area contributed by atoms with Gasteiger partial charge in [0.25, 0.3) is 0 Å². The highest BCUT2D eigenvalue weighted by molar-refractivity contribution is 5.38. The average molecular weight is 277 g/mol. The lowest BCUT2D eigenvalue weighted by atomic mass is 9.69. The van der Waals surface area contributed by atoms with Crippen LogP contribution in [0, 0.1) is 5.92 Å². The Hall–Kier alpha value is -1.06. The molecule has 0 bridgehead atoms. The molecule has 1 fully saturated rings. The smallest absolute Gasteiger partial charge is 0.122 e. The molecule has 0 heterocycles. The number of benzene rings is 1. The van der Waals surface area contributed by atoms with Gasteiger partial charge in [0.15, 0.2) is 0 Å². The summed E-state index contributed by atoms with van der Waals surface area (Å²) in [7, 11) is 1.70. The SMILES string of the molecule is COCCOc1ccccc1C1CCC1CNC(C)C. The molecule has 1 aromatic carbocycles. The maximum atomic E-state index is 5.86. The van der Waals surface area contributed by atoms with E-state index in [9.17, 15) is 0 Å². The molecule has 1 saturated carbocycles. The van der Waals surface area contributed by atoms with Crippen molar-refractivity contribution in [2.24, 2.45) is 5.92 Å². The second kappa shape index (κ2) is 7.65. The van der Waals surface area contributed by atoms with E-state index in [4.69, 9.17) is 9.47 Å². The molecule has 3 heteroatoms. The number of ether oxygens (including phenoxy) is 2. The van der Waals surface area contributed by atoms with Gasteiger partial charge < -0.3 is 14.8 Å². The van der Waals surface area contributed by atoms with Crippen molar-refractivity contribution in [3.63, 3.8) is 0 Å². The van der Waals surface area contributed by atoms with Crippen LogP contribution < -0.4 is 10.1 Å². The van der Waals surface area contributed by atoms with Gasteiger partial charge in [0, 0.05) is 13.2 Å². The molecule has 2 atom stereocenters. The third-order valence-corrected chi connectivity index (χ3v) is 4.07. The highest BCUT2D eigenvalue weighted by Gasteiger charge is 2.33. The Bertz CT molecular complexity index is 406. The summed E-state index contributed by atoms with van der Waals surface area (Å²) in [6, 6.07) is 9.02. The zero-order chi connectivity index (χ0) is 14.4. The normalized spacial score (nSPS) is 21.8. The quantitative estimate of drug-likeness (QED) is 0.740. The first-order chi connectivity index (χ1) is 9.72. The van der Waals surface area contributed by atoms with Gasteiger partial charge >= 0.3 is 0 Å². The summed E-state index contributed by atoms with van der Waals surface area (Å²) in [6.45, 7) is 6.77. The van der Waals surface area contributed by atoms with E-state index >= 15 is 0 Å². The lowest BCUT2D eigenvalue weighted by Gasteiger charge is -2.38. The Kier molecular flexibility index (Phi) is 5.86. The monoisotopic (exact) mass is 277 g/mol. The van der Waals surface area contributed by atoms with Gasteiger partial charge in [0.1, 0.15) is 12.4 Å². The highest BCUT2D eigenvalue weighted by Crippen LogP contribution is 2.45. The molecule has 2 unspecified atom stereocenters. The molecule has 0 aliphatic heterocycles. The number of para-hydroxylation sites is 1. The van der Waals surface area contributed by atoms with Crippen molar-refractivity contribution in [1.29, 1.82) is 0 Å². The fourth-order valence-corrected chi connectivity index (χ4v) is 2.76. The molecule has 1 aromatic rings. The average Bonchev–Trinajstić information content (AvgIpc) is 2.39. The maximum Gasteiger partial charge on any atom is 0.122 e. The third kappa shape index (κ3) is 3.97. The van der Waals surface area contributed by atoms with E-state index in [1.54, 1.807) is 7.11 Å². The van der Waals surface area contributed by atoms with E-state index in [0.29, 0.717) is 25.2 Å². The molecule has 0 saturated heterocycles. The molecular formula is C17H27NO2. The first-order valence-electron chi connectivity index (χ1n) is 7.66. The van der Waals surface area contributed by atoms with Crippen LogP contribution in [0.4, 0.5) is 0 Å². The van der Waals surface area contributed by atoms with E-state index in [2.05, 4.69) is 37.4 Å². The Morgan fingerprint density at radius 1 is 1.20 bits per heavy atom. The van der Waals surface area contributed by atoms with Crippen LogP contribution in [-0.4, -0.2) is 32.9 Å². The molecule has 20 heavy (non-hydrogen) atoms. The van der Waals surface area contributed by atoms with Crippen molar-refractivity contribution in [3.05, 3.63) is 29.8 Å². The summed E-state index contributed by atoms with van der Waals surface area (Å²) in [4.78, 5) is 0. The molecule has 0 radical (unpaired) electrons. The first kappa shape index (κ1) is 15.3. The summed E-state index contributed by atoms with van der Waals surface area (Å²) in [5.41, 5.74) is 1.37. The van der Waals surface area contributed by atoms with Gasteiger partial charge in [0.2, 0.25) is 0 Å². The molecule has 1 aliphatic carbocycles. The standard InChI is InChI=1S/C17H27NO2/c1-13(2)18-12-14-8-9-15(14)16-6-4-5-7-17(16)20-11-10-19-3/h4-7,13-15,18H,8-12H2,1-3H3. The predicted octanol–water partition coefficient (Wildman–Crippen LogP) is 3.20. The van der Waals surface area contributed by atoms with Crippen molar-refractivity contribution >= 4 is 0 Å². The minimum absolute atomic E-state index is 0.560. The van der Waals surface area contributed by atoms with Crippen LogP contribution >= 0.6 is 0 Å². The van der Waals surface area contributed by atoms with Gasteiger partial charge in [-0.05, 0) is 42.9 Å². The van der Waals surface area contributed by atoms with Gasteiger partial charge in [-0.15, -0.1) is 0 Å². The molecule has 3 nitrogen and oxygen atoms in total. The molecule has 2 rings (SSSR count). The summed E-state index contributed by atoms with van der Waals surface area (Å²) in [5, 5.41) is 3.56. The van der Waals surface area contributed by atoms with Gasteiger partial charge in [-0.2, -0.15) is 0 Å². The predicted molar refractivity (Wildman–Crippen MR) is 82.4 cm³/mol. The van der Waals surface area contributed by atoms with Crippen molar-refractivity contribution in [2.75, 3.05) is 26.9 Å². The van der Waals surface area contributed by atoms with Gasteiger partial charge in [-0.1, -0.05) is 32.0 Å². The molecule has 0 amide bonds. The summed E-state index contributed by atoms with van der Waals surface area (Å²) < 4.78 is 10.9. The molecule has 1 N–H and O–H groups in total. The lowest BCUT2D eigenvalue weighted by Crippen LogP contribution is -2.36. The van der Waals surface area contributed by atoms with E-state index in [-0.39, 0.29) is 0 Å². The Labute approximate surface area is 122 Å². The third-order valence-electron chi connectivity index (χ3n) is 4.07. The van der Waals surface area contributed by atoms with E-state index in [1.165, 1.54) is 18.4 Å². The van der Waals surface area contributed by atoms with Gasteiger partial charge in [-0.3, -0.25) is 0 Å². The summed E-state index contributed by atoms with van der Waals surface area (Å²) in [6.07, 6.45) is 2.59. The van der Waals surface area contributed by atoms with Gasteiger partial charge in [0.05, 0.1) is 6.61 Å². The second-order valence-corrected chi connectivity index (χ2v) is 5.89. The molecule has 1 aliphatic rings. The fourth-order valence-electron chi connectivity index (χ4n) is 2.76. The summed E-state index contributed by atoms with van der Waals surface area (Å²) >= 11 is 0. The maximum absolute atomic E-state index is 5.86.